The Morgan fingerprint density at radius 2 is 1.89 bits per heavy atom. The summed E-state index contributed by atoms with van der Waals surface area (Å²) >= 11 is 5.87. The minimum atomic E-state index is -0.852. The van der Waals surface area contributed by atoms with E-state index in [2.05, 4.69) is 54.6 Å². The van der Waals surface area contributed by atoms with Crippen molar-refractivity contribution in [1.82, 2.24) is 20.5 Å². The number of unbranched alkanes of at least 4 members (excludes halogenated alkanes) is 1. The molecule has 1 aliphatic carbocycles. The van der Waals surface area contributed by atoms with E-state index in [1.165, 1.54) is 5.56 Å². The molecule has 0 spiro atoms. The SMILES string of the molecule is CCCCN(CCC)C(=O)CCC1(C2CC2)NC(=O)NC1=O.Cc1cccc(-c2cncc(Cl)c2)c1. The second-order valence-corrected chi connectivity index (χ2v) is 10.1. The molecule has 2 heterocycles. The molecule has 4 amide bonds. The van der Waals surface area contributed by atoms with Crippen molar-refractivity contribution in [2.45, 2.75) is 71.3 Å². The highest BCUT2D eigenvalue weighted by molar-refractivity contribution is 6.30. The van der Waals surface area contributed by atoms with Crippen molar-refractivity contribution in [2.24, 2.45) is 5.92 Å². The van der Waals surface area contributed by atoms with E-state index in [1.807, 2.05) is 23.2 Å². The molecule has 7 nitrogen and oxygen atoms in total. The summed E-state index contributed by atoms with van der Waals surface area (Å²) in [6, 6.07) is 9.77. The van der Waals surface area contributed by atoms with E-state index in [9.17, 15) is 14.4 Å². The van der Waals surface area contributed by atoms with Crippen molar-refractivity contribution in [2.75, 3.05) is 13.1 Å². The molecule has 2 N–H and O–H groups in total. The second kappa shape index (κ2) is 12.9. The zero-order chi connectivity index (χ0) is 26.1. The molecule has 1 saturated carbocycles. The zero-order valence-corrected chi connectivity index (χ0v) is 22.2. The number of halogens is 1. The summed E-state index contributed by atoms with van der Waals surface area (Å²) in [7, 11) is 0. The number of carbonyl (C=O) groups excluding carboxylic acids is 3. The molecule has 4 rings (SSSR count). The van der Waals surface area contributed by atoms with Crippen LogP contribution in [-0.4, -0.2) is 46.4 Å². The van der Waals surface area contributed by atoms with Gasteiger partial charge < -0.3 is 10.2 Å². The summed E-state index contributed by atoms with van der Waals surface area (Å²) < 4.78 is 0. The Morgan fingerprint density at radius 1 is 1.11 bits per heavy atom. The average molecular weight is 513 g/mol. The third kappa shape index (κ3) is 7.29. The molecule has 1 aromatic heterocycles. The third-order valence-corrected chi connectivity index (χ3v) is 6.87. The summed E-state index contributed by atoms with van der Waals surface area (Å²) in [5.74, 6) is 0.00897. The van der Waals surface area contributed by atoms with E-state index >= 15 is 0 Å². The first kappa shape index (κ1) is 27.7. The van der Waals surface area contributed by atoms with Crippen molar-refractivity contribution in [3.05, 3.63) is 53.3 Å². The van der Waals surface area contributed by atoms with Crippen LogP contribution in [-0.2, 0) is 9.59 Å². The quantitative estimate of drug-likeness (QED) is 0.411. The first-order valence-electron chi connectivity index (χ1n) is 12.9. The lowest BCUT2D eigenvalue weighted by molar-refractivity contribution is -0.132. The lowest BCUT2D eigenvalue weighted by atomic mass is 9.87. The lowest BCUT2D eigenvalue weighted by Gasteiger charge is -2.28. The molecular weight excluding hydrogens is 476 g/mol. The maximum absolute atomic E-state index is 12.5. The number of aromatic nitrogens is 1. The molecule has 36 heavy (non-hydrogen) atoms. The zero-order valence-electron chi connectivity index (χ0n) is 21.5. The largest absolute Gasteiger partial charge is 0.343 e. The fraction of sp³-hybridized carbons (Fsp3) is 0.500. The van der Waals surface area contributed by atoms with Crippen LogP contribution in [0.15, 0.2) is 42.7 Å². The molecule has 1 aromatic carbocycles. The Morgan fingerprint density at radius 3 is 2.47 bits per heavy atom. The Labute approximate surface area is 219 Å². The molecule has 2 aromatic rings. The Kier molecular flexibility index (Phi) is 9.88. The van der Waals surface area contributed by atoms with Gasteiger partial charge in [0.15, 0.2) is 0 Å². The van der Waals surface area contributed by atoms with Gasteiger partial charge >= 0.3 is 6.03 Å². The fourth-order valence-corrected chi connectivity index (χ4v) is 4.76. The van der Waals surface area contributed by atoms with Gasteiger partial charge in [-0.05, 0) is 56.6 Å². The highest BCUT2D eigenvalue weighted by atomic mass is 35.5. The summed E-state index contributed by atoms with van der Waals surface area (Å²) in [6.45, 7) is 7.77. The molecule has 1 unspecified atom stereocenters. The normalized spacial score (nSPS) is 18.7. The number of hydrogen-bond acceptors (Lipinski definition) is 4. The number of urea groups is 1. The Hall–Kier alpha value is -2.93. The number of nitrogens with one attached hydrogen (secondary N) is 2. The molecule has 1 saturated heterocycles. The number of imide groups is 1. The summed E-state index contributed by atoms with van der Waals surface area (Å²) in [4.78, 5) is 42.0. The molecule has 8 heteroatoms. The van der Waals surface area contributed by atoms with Crippen LogP contribution >= 0.6 is 11.6 Å². The Balaban J connectivity index is 0.000000221. The van der Waals surface area contributed by atoms with E-state index in [0.29, 0.717) is 17.9 Å². The summed E-state index contributed by atoms with van der Waals surface area (Å²) in [5, 5.41) is 5.78. The fourth-order valence-electron chi connectivity index (χ4n) is 4.59. The second-order valence-electron chi connectivity index (χ2n) is 9.65. The molecule has 0 radical (unpaired) electrons. The van der Waals surface area contributed by atoms with Crippen molar-refractivity contribution in [3.63, 3.8) is 0 Å². The molecule has 2 fully saturated rings. The van der Waals surface area contributed by atoms with Gasteiger partial charge in [0.1, 0.15) is 5.54 Å². The molecule has 1 aliphatic heterocycles. The monoisotopic (exact) mass is 512 g/mol. The standard InChI is InChI=1S/C16H27N3O3.C12H10ClN/c1-3-5-11-19(10-4-2)13(20)8-9-16(12-6-7-12)14(21)17-15(22)18-16;1-9-3-2-4-10(5-9)11-6-12(13)8-14-7-11/h12H,3-11H2,1-2H3,(H2,17,18,21,22);2-8H,1H3. The minimum absolute atomic E-state index is 0.0873. The maximum Gasteiger partial charge on any atom is 0.322 e. The van der Waals surface area contributed by atoms with E-state index in [-0.39, 0.29) is 17.7 Å². The average Bonchev–Trinajstić information content (AvgIpc) is 3.66. The van der Waals surface area contributed by atoms with Crippen LogP contribution in [0.5, 0.6) is 0 Å². The van der Waals surface area contributed by atoms with Crippen LogP contribution in [0.4, 0.5) is 4.79 Å². The van der Waals surface area contributed by atoms with Crippen LogP contribution in [0, 0.1) is 12.8 Å². The Bertz CT molecular complexity index is 1030. The van der Waals surface area contributed by atoms with Crippen LogP contribution in [0.25, 0.3) is 11.1 Å². The predicted octanol–water partition coefficient (Wildman–Crippen LogP) is 5.50. The number of benzene rings is 1. The maximum atomic E-state index is 12.5. The molecule has 2 aliphatic rings. The van der Waals surface area contributed by atoms with Gasteiger partial charge in [0.25, 0.3) is 5.91 Å². The van der Waals surface area contributed by atoms with Crippen LogP contribution in [0.3, 0.4) is 0 Å². The first-order chi connectivity index (χ1) is 17.3. The highest BCUT2D eigenvalue weighted by Gasteiger charge is 2.55. The summed E-state index contributed by atoms with van der Waals surface area (Å²) in [5.41, 5.74) is 2.60. The van der Waals surface area contributed by atoms with E-state index in [1.54, 1.807) is 6.20 Å². The number of carbonyl (C=O) groups is 3. The van der Waals surface area contributed by atoms with Gasteiger partial charge in [0, 0.05) is 37.5 Å². The number of nitrogens with zero attached hydrogens (tertiary/aromatic N) is 2. The number of pyridine rings is 1. The van der Waals surface area contributed by atoms with Crippen molar-refractivity contribution >= 4 is 29.4 Å². The molecule has 194 valence electrons. The first-order valence-corrected chi connectivity index (χ1v) is 13.3. The van der Waals surface area contributed by atoms with Gasteiger partial charge in [-0.3, -0.25) is 19.9 Å². The van der Waals surface area contributed by atoms with Gasteiger partial charge in [-0.2, -0.15) is 0 Å². The van der Waals surface area contributed by atoms with Gasteiger partial charge in [0.2, 0.25) is 5.91 Å². The van der Waals surface area contributed by atoms with Crippen LogP contribution in [0.1, 0.15) is 64.4 Å². The topological polar surface area (TPSA) is 91.4 Å². The highest BCUT2D eigenvalue weighted by Crippen LogP contribution is 2.43. The van der Waals surface area contributed by atoms with E-state index in [4.69, 9.17) is 11.6 Å². The molecule has 0 bridgehead atoms. The number of rotatable bonds is 10. The lowest BCUT2D eigenvalue weighted by Crippen LogP contribution is -2.50. The minimum Gasteiger partial charge on any atom is -0.343 e. The predicted molar refractivity (Wildman–Crippen MR) is 143 cm³/mol. The van der Waals surface area contributed by atoms with Gasteiger partial charge in [-0.15, -0.1) is 0 Å². The van der Waals surface area contributed by atoms with Gasteiger partial charge in [-0.25, -0.2) is 4.79 Å². The number of amides is 4. The van der Waals surface area contributed by atoms with E-state index in [0.717, 1.165) is 56.3 Å². The molecular formula is C28H37ClN4O3. The van der Waals surface area contributed by atoms with Crippen molar-refractivity contribution < 1.29 is 14.4 Å². The molecule has 1 atom stereocenters. The smallest absolute Gasteiger partial charge is 0.322 e. The van der Waals surface area contributed by atoms with Crippen LogP contribution < -0.4 is 10.6 Å². The number of hydrogen-bond donors (Lipinski definition) is 2. The van der Waals surface area contributed by atoms with Crippen LogP contribution in [0.2, 0.25) is 5.02 Å². The van der Waals surface area contributed by atoms with E-state index < -0.39 is 11.6 Å². The van der Waals surface area contributed by atoms with Gasteiger partial charge in [-0.1, -0.05) is 61.7 Å². The van der Waals surface area contributed by atoms with Crippen molar-refractivity contribution in [1.29, 1.82) is 0 Å². The van der Waals surface area contributed by atoms with Crippen molar-refractivity contribution in [3.8, 4) is 11.1 Å². The van der Waals surface area contributed by atoms with Gasteiger partial charge in [0.05, 0.1) is 5.02 Å². The number of aryl methyl sites for hydroxylation is 1. The summed E-state index contributed by atoms with van der Waals surface area (Å²) in [6.07, 6.45) is 9.04. The third-order valence-electron chi connectivity index (χ3n) is 6.66.